The van der Waals surface area contributed by atoms with Gasteiger partial charge in [-0.1, -0.05) is 19.9 Å². The summed E-state index contributed by atoms with van der Waals surface area (Å²) in [6.45, 7) is 11.2. The zero-order valence-corrected chi connectivity index (χ0v) is 18.1. The molecular formula is C23H28N4O3. The Morgan fingerprint density at radius 2 is 1.83 bits per heavy atom. The number of pyridine rings is 1. The molecule has 1 aliphatic rings. The lowest BCUT2D eigenvalue weighted by molar-refractivity contribution is 0.0924. The van der Waals surface area contributed by atoms with Gasteiger partial charge in [0, 0.05) is 11.4 Å². The van der Waals surface area contributed by atoms with E-state index in [1.165, 1.54) is 0 Å². The van der Waals surface area contributed by atoms with Crippen LogP contribution in [0.15, 0.2) is 30.5 Å². The number of nitrogens with zero attached hydrogens (tertiary/aromatic N) is 3. The molecule has 1 atom stereocenters. The second-order valence-corrected chi connectivity index (χ2v) is 8.32. The summed E-state index contributed by atoms with van der Waals surface area (Å²) in [5.74, 6) is 1.51. The van der Waals surface area contributed by atoms with Gasteiger partial charge in [0.2, 0.25) is 0 Å². The Hall–Kier alpha value is -3.09. The van der Waals surface area contributed by atoms with Crippen molar-refractivity contribution in [3.63, 3.8) is 0 Å². The average Bonchev–Trinajstić information content (AvgIpc) is 3.13. The number of aryl methyl sites for hydroxylation is 1. The first kappa shape index (κ1) is 20.2. The number of hydrogen-bond acceptors (Lipinski definition) is 5. The normalized spacial score (nSPS) is 14.4. The molecule has 3 aromatic rings. The molecule has 2 aromatic heterocycles. The minimum absolute atomic E-state index is 0.146. The highest BCUT2D eigenvalue weighted by molar-refractivity contribution is 5.98. The molecule has 0 fully saturated rings. The van der Waals surface area contributed by atoms with Gasteiger partial charge in [-0.15, -0.1) is 0 Å². The number of carbonyl (C=O) groups excluding carboxylic acids is 1. The van der Waals surface area contributed by atoms with E-state index in [2.05, 4.69) is 43.1 Å². The predicted octanol–water partition coefficient (Wildman–Crippen LogP) is 4.22. The first-order valence-corrected chi connectivity index (χ1v) is 10.4. The van der Waals surface area contributed by atoms with Gasteiger partial charge in [0.05, 0.1) is 23.5 Å². The van der Waals surface area contributed by atoms with Gasteiger partial charge < -0.3 is 14.8 Å². The Morgan fingerprint density at radius 3 is 2.53 bits per heavy atom. The highest BCUT2D eigenvalue weighted by Crippen LogP contribution is 2.34. The van der Waals surface area contributed by atoms with Crippen molar-refractivity contribution in [3.05, 3.63) is 47.3 Å². The van der Waals surface area contributed by atoms with Gasteiger partial charge in [-0.2, -0.15) is 5.10 Å². The van der Waals surface area contributed by atoms with Crippen molar-refractivity contribution < 1.29 is 14.3 Å². The number of carbonyl (C=O) groups is 1. The lowest BCUT2D eigenvalue weighted by Gasteiger charge is -2.25. The molecule has 0 aliphatic carbocycles. The van der Waals surface area contributed by atoms with Gasteiger partial charge in [-0.25, -0.2) is 9.67 Å². The SMILES string of the molecule is Cc1nc2c(cnn2C(C)C)cc1C(=O)NC(c1ccc2c(c1)OCCO2)C(C)C. The minimum atomic E-state index is -0.165. The third kappa shape index (κ3) is 3.72. The summed E-state index contributed by atoms with van der Waals surface area (Å²) < 4.78 is 13.2. The molecule has 3 heterocycles. The van der Waals surface area contributed by atoms with Crippen molar-refractivity contribution in [3.8, 4) is 11.5 Å². The highest BCUT2D eigenvalue weighted by atomic mass is 16.6. The maximum absolute atomic E-state index is 13.2. The monoisotopic (exact) mass is 408 g/mol. The van der Waals surface area contributed by atoms with E-state index in [9.17, 15) is 4.79 Å². The topological polar surface area (TPSA) is 78.3 Å². The van der Waals surface area contributed by atoms with Crippen molar-refractivity contribution in [2.24, 2.45) is 5.92 Å². The summed E-state index contributed by atoms with van der Waals surface area (Å²) in [4.78, 5) is 17.9. The molecule has 1 N–H and O–H groups in total. The van der Waals surface area contributed by atoms with Crippen LogP contribution in [-0.4, -0.2) is 33.9 Å². The molecule has 1 aromatic carbocycles. The molecule has 158 valence electrons. The lowest BCUT2D eigenvalue weighted by atomic mass is 9.95. The molecule has 0 bridgehead atoms. The molecule has 30 heavy (non-hydrogen) atoms. The van der Waals surface area contributed by atoms with Gasteiger partial charge in [0.15, 0.2) is 17.1 Å². The second kappa shape index (κ2) is 7.97. The molecule has 0 saturated carbocycles. The van der Waals surface area contributed by atoms with Crippen LogP contribution in [0.4, 0.5) is 0 Å². The Labute approximate surface area is 176 Å². The Bertz CT molecular complexity index is 1090. The zero-order valence-electron chi connectivity index (χ0n) is 18.1. The average molecular weight is 409 g/mol. The van der Waals surface area contributed by atoms with Crippen molar-refractivity contribution in [2.75, 3.05) is 13.2 Å². The van der Waals surface area contributed by atoms with Crippen LogP contribution in [0.25, 0.3) is 11.0 Å². The summed E-state index contributed by atoms with van der Waals surface area (Å²) in [6, 6.07) is 7.76. The Balaban J connectivity index is 1.63. The predicted molar refractivity (Wildman–Crippen MR) is 115 cm³/mol. The first-order chi connectivity index (χ1) is 14.3. The number of aromatic nitrogens is 3. The second-order valence-electron chi connectivity index (χ2n) is 8.32. The fourth-order valence-electron chi connectivity index (χ4n) is 3.78. The van der Waals surface area contributed by atoms with Gasteiger partial charge in [0.1, 0.15) is 13.2 Å². The number of fused-ring (bicyclic) bond motifs is 2. The quantitative estimate of drug-likeness (QED) is 0.684. The van der Waals surface area contributed by atoms with Gasteiger partial charge in [-0.05, 0) is 50.5 Å². The van der Waals surface area contributed by atoms with Crippen LogP contribution in [-0.2, 0) is 0 Å². The maximum atomic E-state index is 13.2. The van der Waals surface area contributed by atoms with E-state index in [1.807, 2.05) is 35.9 Å². The summed E-state index contributed by atoms with van der Waals surface area (Å²) in [6.07, 6.45) is 1.76. The number of ether oxygens (including phenoxy) is 2. The van der Waals surface area contributed by atoms with Gasteiger partial charge in [0.25, 0.3) is 5.91 Å². The van der Waals surface area contributed by atoms with E-state index >= 15 is 0 Å². The van der Waals surface area contributed by atoms with Gasteiger partial charge >= 0.3 is 0 Å². The zero-order chi connectivity index (χ0) is 21.4. The summed E-state index contributed by atoms with van der Waals surface area (Å²) >= 11 is 0. The van der Waals surface area contributed by atoms with Crippen molar-refractivity contribution in [1.29, 1.82) is 0 Å². The van der Waals surface area contributed by atoms with E-state index in [4.69, 9.17) is 9.47 Å². The first-order valence-electron chi connectivity index (χ1n) is 10.4. The molecule has 7 nitrogen and oxygen atoms in total. The van der Waals surface area contributed by atoms with E-state index in [0.29, 0.717) is 24.5 Å². The van der Waals surface area contributed by atoms with Crippen LogP contribution in [0.2, 0.25) is 0 Å². The van der Waals surface area contributed by atoms with E-state index in [1.54, 1.807) is 6.20 Å². The number of amides is 1. The minimum Gasteiger partial charge on any atom is -0.486 e. The van der Waals surface area contributed by atoms with Crippen molar-refractivity contribution in [2.45, 2.75) is 46.7 Å². The van der Waals surface area contributed by atoms with Crippen LogP contribution in [0.5, 0.6) is 11.5 Å². The molecule has 1 aliphatic heterocycles. The molecule has 0 saturated heterocycles. The van der Waals surface area contributed by atoms with E-state index < -0.39 is 0 Å². The summed E-state index contributed by atoms with van der Waals surface area (Å²) in [5.41, 5.74) is 3.04. The molecule has 1 unspecified atom stereocenters. The molecule has 0 radical (unpaired) electrons. The molecule has 4 rings (SSSR count). The van der Waals surface area contributed by atoms with Crippen LogP contribution in [0.3, 0.4) is 0 Å². The number of nitrogens with one attached hydrogen (secondary N) is 1. The highest BCUT2D eigenvalue weighted by Gasteiger charge is 2.23. The molecule has 7 heteroatoms. The van der Waals surface area contributed by atoms with Crippen molar-refractivity contribution >= 4 is 16.9 Å². The Morgan fingerprint density at radius 1 is 1.10 bits per heavy atom. The molecule has 0 spiro atoms. The fourth-order valence-corrected chi connectivity index (χ4v) is 3.78. The van der Waals surface area contributed by atoms with Crippen LogP contribution in [0.1, 0.15) is 61.4 Å². The van der Waals surface area contributed by atoms with Crippen LogP contribution < -0.4 is 14.8 Å². The smallest absolute Gasteiger partial charge is 0.253 e. The number of benzene rings is 1. The Kier molecular flexibility index (Phi) is 5.37. The summed E-state index contributed by atoms with van der Waals surface area (Å²) in [5, 5.41) is 8.46. The third-order valence-corrected chi connectivity index (χ3v) is 5.37. The van der Waals surface area contributed by atoms with Crippen molar-refractivity contribution in [1.82, 2.24) is 20.1 Å². The molecular weight excluding hydrogens is 380 g/mol. The van der Waals surface area contributed by atoms with E-state index in [0.717, 1.165) is 28.1 Å². The van der Waals surface area contributed by atoms with E-state index in [-0.39, 0.29) is 23.9 Å². The standard InChI is InChI=1S/C23H28N4O3/c1-13(2)21(16-6-7-19-20(11-16)30-9-8-29-19)26-23(28)18-10-17-12-24-27(14(3)4)22(17)25-15(18)5/h6-7,10-14,21H,8-9H2,1-5H3,(H,26,28). The largest absolute Gasteiger partial charge is 0.486 e. The van der Waals surface area contributed by atoms with Gasteiger partial charge in [-0.3, -0.25) is 4.79 Å². The van der Waals surface area contributed by atoms with Crippen LogP contribution in [0, 0.1) is 12.8 Å². The van der Waals surface area contributed by atoms with Crippen LogP contribution >= 0.6 is 0 Å². The maximum Gasteiger partial charge on any atom is 0.253 e. The fraction of sp³-hybridized carbons (Fsp3) is 0.435. The third-order valence-electron chi connectivity index (χ3n) is 5.37. The number of hydrogen-bond donors (Lipinski definition) is 1. The summed E-state index contributed by atoms with van der Waals surface area (Å²) in [7, 11) is 0. The molecule has 1 amide bonds. The number of rotatable bonds is 5. The lowest BCUT2D eigenvalue weighted by Crippen LogP contribution is -2.32.